The van der Waals surface area contributed by atoms with Crippen LogP contribution in [0.3, 0.4) is 0 Å². The Labute approximate surface area is 135 Å². The standard InChI is InChI=1S/C15H13BrClFN2O/c1-20(8-9-6-11(19)3-5-14(9)17)15(21)12-4-2-10(18)7-13(12)16/h2-7H,8,19H2,1H3. The van der Waals surface area contributed by atoms with Gasteiger partial charge in [-0.25, -0.2) is 4.39 Å². The number of carbonyl (C=O) groups excluding carboxylic acids is 1. The molecule has 0 aliphatic rings. The second-order valence-electron chi connectivity index (χ2n) is 4.64. The second kappa shape index (κ2) is 6.45. The molecule has 2 N–H and O–H groups in total. The Kier molecular flexibility index (Phi) is 4.85. The van der Waals surface area contributed by atoms with Crippen LogP contribution in [0, 0.1) is 5.82 Å². The maximum Gasteiger partial charge on any atom is 0.255 e. The summed E-state index contributed by atoms with van der Waals surface area (Å²) in [5.41, 5.74) is 7.44. The molecule has 6 heteroatoms. The molecule has 0 fully saturated rings. The smallest absolute Gasteiger partial charge is 0.255 e. The number of benzene rings is 2. The lowest BCUT2D eigenvalue weighted by Gasteiger charge is -2.19. The summed E-state index contributed by atoms with van der Waals surface area (Å²) in [6, 6.07) is 9.07. The molecule has 0 aliphatic heterocycles. The van der Waals surface area contributed by atoms with Gasteiger partial charge in [0.15, 0.2) is 0 Å². The summed E-state index contributed by atoms with van der Waals surface area (Å²) < 4.78 is 13.5. The van der Waals surface area contributed by atoms with Crippen LogP contribution in [0.4, 0.5) is 10.1 Å². The molecule has 0 bridgehead atoms. The molecule has 0 spiro atoms. The fourth-order valence-corrected chi connectivity index (χ4v) is 2.61. The van der Waals surface area contributed by atoms with Gasteiger partial charge >= 0.3 is 0 Å². The minimum absolute atomic E-state index is 0.236. The second-order valence-corrected chi connectivity index (χ2v) is 5.90. The Bertz CT molecular complexity index is 693. The number of anilines is 1. The van der Waals surface area contributed by atoms with Crippen LogP contribution < -0.4 is 5.73 Å². The van der Waals surface area contributed by atoms with E-state index < -0.39 is 5.82 Å². The molecule has 2 aromatic rings. The largest absolute Gasteiger partial charge is 0.399 e. The number of hydrogen-bond acceptors (Lipinski definition) is 2. The minimum atomic E-state index is -0.403. The molecule has 0 aromatic heterocycles. The predicted octanol–water partition coefficient (Wildman–Crippen LogP) is 4.10. The minimum Gasteiger partial charge on any atom is -0.399 e. The summed E-state index contributed by atoms with van der Waals surface area (Å²) >= 11 is 9.28. The zero-order valence-electron chi connectivity index (χ0n) is 11.2. The summed E-state index contributed by atoms with van der Waals surface area (Å²) in [5, 5.41) is 0.544. The van der Waals surface area contributed by atoms with Crippen molar-refractivity contribution < 1.29 is 9.18 Å². The predicted molar refractivity (Wildman–Crippen MR) is 85.8 cm³/mol. The van der Waals surface area contributed by atoms with Crippen molar-refractivity contribution in [2.75, 3.05) is 12.8 Å². The van der Waals surface area contributed by atoms with Crippen molar-refractivity contribution in [3.8, 4) is 0 Å². The van der Waals surface area contributed by atoms with E-state index in [9.17, 15) is 9.18 Å². The number of rotatable bonds is 3. The molecule has 2 rings (SSSR count). The molecule has 2 aromatic carbocycles. The number of nitrogens with two attached hydrogens (primary N) is 1. The summed E-state index contributed by atoms with van der Waals surface area (Å²) in [6.45, 7) is 0.312. The van der Waals surface area contributed by atoms with Gasteiger partial charge in [0, 0.05) is 28.8 Å². The van der Waals surface area contributed by atoms with Crippen LogP contribution in [0.2, 0.25) is 5.02 Å². The zero-order valence-corrected chi connectivity index (χ0v) is 13.6. The Morgan fingerprint density at radius 1 is 1.33 bits per heavy atom. The Balaban J connectivity index is 2.21. The normalized spacial score (nSPS) is 10.5. The quantitative estimate of drug-likeness (QED) is 0.826. The molecular formula is C15H13BrClFN2O. The van der Waals surface area contributed by atoms with Crippen LogP contribution in [0.1, 0.15) is 15.9 Å². The highest BCUT2D eigenvalue weighted by atomic mass is 79.9. The highest BCUT2D eigenvalue weighted by Crippen LogP contribution is 2.23. The number of hydrogen-bond donors (Lipinski definition) is 1. The number of carbonyl (C=O) groups is 1. The average Bonchev–Trinajstić information content (AvgIpc) is 2.42. The van der Waals surface area contributed by atoms with Gasteiger partial charge in [0.1, 0.15) is 5.82 Å². The fourth-order valence-electron chi connectivity index (χ4n) is 1.91. The molecule has 3 nitrogen and oxygen atoms in total. The first-order chi connectivity index (χ1) is 9.88. The lowest BCUT2D eigenvalue weighted by Crippen LogP contribution is -2.26. The number of nitrogen functional groups attached to an aromatic ring is 1. The molecular weight excluding hydrogens is 359 g/mol. The Morgan fingerprint density at radius 2 is 2.05 bits per heavy atom. The topological polar surface area (TPSA) is 46.3 Å². The van der Waals surface area contributed by atoms with E-state index in [0.29, 0.717) is 27.3 Å². The zero-order chi connectivity index (χ0) is 15.6. The highest BCUT2D eigenvalue weighted by molar-refractivity contribution is 9.10. The Hall–Kier alpha value is -1.59. The van der Waals surface area contributed by atoms with Crippen LogP contribution in [-0.2, 0) is 6.54 Å². The van der Waals surface area contributed by atoms with Crippen molar-refractivity contribution in [2.24, 2.45) is 0 Å². The van der Waals surface area contributed by atoms with Crippen molar-refractivity contribution in [3.63, 3.8) is 0 Å². The first-order valence-electron chi connectivity index (χ1n) is 6.13. The summed E-state index contributed by atoms with van der Waals surface area (Å²) in [6.07, 6.45) is 0. The van der Waals surface area contributed by atoms with Crippen molar-refractivity contribution in [2.45, 2.75) is 6.54 Å². The van der Waals surface area contributed by atoms with Gasteiger partial charge in [0.05, 0.1) is 5.56 Å². The van der Waals surface area contributed by atoms with Crippen LogP contribution in [0.25, 0.3) is 0 Å². The van der Waals surface area contributed by atoms with E-state index in [1.807, 2.05) is 0 Å². The lowest BCUT2D eigenvalue weighted by atomic mass is 10.1. The van der Waals surface area contributed by atoms with Gasteiger partial charge in [0.2, 0.25) is 0 Å². The number of nitrogens with zero attached hydrogens (tertiary/aromatic N) is 1. The monoisotopic (exact) mass is 370 g/mol. The van der Waals surface area contributed by atoms with Crippen LogP contribution >= 0.6 is 27.5 Å². The van der Waals surface area contributed by atoms with Crippen LogP contribution in [0.15, 0.2) is 40.9 Å². The van der Waals surface area contributed by atoms with E-state index in [-0.39, 0.29) is 5.91 Å². The summed E-state index contributed by atoms with van der Waals surface area (Å²) in [5.74, 6) is -0.639. The van der Waals surface area contributed by atoms with Gasteiger partial charge in [0.25, 0.3) is 5.91 Å². The van der Waals surface area contributed by atoms with E-state index >= 15 is 0 Å². The van der Waals surface area contributed by atoms with E-state index in [1.165, 1.54) is 23.1 Å². The summed E-state index contributed by atoms with van der Waals surface area (Å²) in [7, 11) is 1.65. The van der Waals surface area contributed by atoms with Gasteiger partial charge < -0.3 is 10.6 Å². The van der Waals surface area contributed by atoms with Crippen molar-refractivity contribution >= 4 is 39.1 Å². The van der Waals surface area contributed by atoms with Crippen molar-refractivity contribution in [1.29, 1.82) is 0 Å². The van der Waals surface area contributed by atoms with Gasteiger partial charge in [-0.1, -0.05) is 11.6 Å². The third-order valence-corrected chi connectivity index (χ3v) is 4.01. The molecule has 0 saturated carbocycles. The van der Waals surface area contributed by atoms with Gasteiger partial charge in [-0.05, 0) is 57.9 Å². The molecule has 21 heavy (non-hydrogen) atoms. The Morgan fingerprint density at radius 3 is 2.71 bits per heavy atom. The fraction of sp³-hybridized carbons (Fsp3) is 0.133. The first-order valence-corrected chi connectivity index (χ1v) is 7.30. The number of halogens is 3. The molecule has 0 heterocycles. The highest BCUT2D eigenvalue weighted by Gasteiger charge is 2.16. The molecule has 0 unspecified atom stereocenters. The third kappa shape index (κ3) is 3.74. The molecule has 0 radical (unpaired) electrons. The third-order valence-electron chi connectivity index (χ3n) is 2.99. The maximum absolute atomic E-state index is 13.1. The molecule has 0 atom stereocenters. The molecule has 0 saturated heterocycles. The van der Waals surface area contributed by atoms with Crippen molar-refractivity contribution in [1.82, 2.24) is 4.90 Å². The maximum atomic E-state index is 13.1. The van der Waals surface area contributed by atoms with Crippen molar-refractivity contribution in [3.05, 3.63) is 62.8 Å². The van der Waals surface area contributed by atoms with E-state index in [0.717, 1.165) is 5.56 Å². The van der Waals surface area contributed by atoms with Gasteiger partial charge in [-0.2, -0.15) is 0 Å². The average molecular weight is 372 g/mol. The van der Waals surface area contributed by atoms with Crippen LogP contribution in [-0.4, -0.2) is 17.9 Å². The van der Waals surface area contributed by atoms with Gasteiger partial charge in [-0.15, -0.1) is 0 Å². The van der Waals surface area contributed by atoms with E-state index in [1.54, 1.807) is 25.2 Å². The summed E-state index contributed by atoms with van der Waals surface area (Å²) in [4.78, 5) is 13.9. The van der Waals surface area contributed by atoms with E-state index in [2.05, 4.69) is 15.9 Å². The SMILES string of the molecule is CN(Cc1cc(N)ccc1Cl)C(=O)c1ccc(F)cc1Br. The lowest BCUT2D eigenvalue weighted by molar-refractivity contribution is 0.0784. The number of amides is 1. The van der Waals surface area contributed by atoms with Crippen LogP contribution in [0.5, 0.6) is 0 Å². The van der Waals surface area contributed by atoms with Gasteiger partial charge in [-0.3, -0.25) is 4.79 Å². The van der Waals surface area contributed by atoms with E-state index in [4.69, 9.17) is 17.3 Å². The molecule has 110 valence electrons. The first kappa shape index (κ1) is 15.8. The molecule has 0 aliphatic carbocycles. The molecule has 1 amide bonds.